The minimum Gasteiger partial charge on any atom is -0.369 e. The Balaban J connectivity index is 2.28. The summed E-state index contributed by atoms with van der Waals surface area (Å²) in [4.78, 5) is 18.5. The second-order valence-corrected chi connectivity index (χ2v) is 6.32. The first-order valence-corrected chi connectivity index (χ1v) is 7.82. The number of likely N-dealkylation sites (N-methyl/N-ethyl adjacent to an activating group) is 1. The largest absolute Gasteiger partial charge is 0.369 e. The summed E-state index contributed by atoms with van der Waals surface area (Å²) in [5, 5.41) is 3.72. The number of carbonyl (C=O) groups is 1. The lowest BCUT2D eigenvalue weighted by Crippen LogP contribution is -2.40. The van der Waals surface area contributed by atoms with E-state index in [9.17, 15) is 9.18 Å². The number of nitrogens with two attached hydrogens (primary N) is 1. The van der Waals surface area contributed by atoms with Crippen molar-refractivity contribution in [2.45, 2.75) is 5.54 Å². The Morgan fingerprint density at radius 3 is 2.67 bits per heavy atom. The molecule has 1 aromatic carbocycles. The molecule has 21 heavy (non-hydrogen) atoms. The summed E-state index contributed by atoms with van der Waals surface area (Å²) in [5.41, 5.74) is 5.89. The first kappa shape index (κ1) is 14.2. The first-order chi connectivity index (χ1) is 9.96. The summed E-state index contributed by atoms with van der Waals surface area (Å²) >= 11 is 4.62. The molecule has 3 rings (SSSR count). The third-order valence-corrected chi connectivity index (χ3v) is 4.81. The summed E-state index contributed by atoms with van der Waals surface area (Å²) in [6.07, 6.45) is 0. The number of aliphatic imine (C=N–C) groups is 1. The van der Waals surface area contributed by atoms with Crippen LogP contribution in [-0.2, 0) is 10.3 Å². The molecule has 4 nitrogen and oxygen atoms in total. The molecule has 0 aliphatic carbocycles. The van der Waals surface area contributed by atoms with Gasteiger partial charge in [0.1, 0.15) is 5.82 Å². The Morgan fingerprint density at radius 2 is 2.14 bits per heavy atom. The smallest absolute Gasteiger partial charge is 0.266 e. The highest BCUT2D eigenvalue weighted by Gasteiger charge is 2.49. The maximum Gasteiger partial charge on any atom is 0.266 e. The molecular formula is C14H11BrFN3OS. The van der Waals surface area contributed by atoms with Crippen LogP contribution in [-0.4, -0.2) is 23.8 Å². The molecule has 2 N–H and O–H groups in total. The summed E-state index contributed by atoms with van der Waals surface area (Å²) in [6.45, 7) is 0. The van der Waals surface area contributed by atoms with Crippen molar-refractivity contribution in [3.63, 3.8) is 0 Å². The normalized spacial score (nSPS) is 21.8. The Hall–Kier alpha value is -1.73. The Morgan fingerprint density at radius 1 is 1.38 bits per heavy atom. The van der Waals surface area contributed by atoms with Crippen LogP contribution in [0.1, 0.15) is 11.1 Å². The van der Waals surface area contributed by atoms with Crippen molar-refractivity contribution in [3.8, 4) is 0 Å². The van der Waals surface area contributed by atoms with Gasteiger partial charge < -0.3 is 5.73 Å². The monoisotopic (exact) mass is 367 g/mol. The lowest BCUT2D eigenvalue weighted by molar-refractivity contribution is -0.129. The topological polar surface area (TPSA) is 58.7 Å². The quantitative estimate of drug-likeness (QED) is 0.886. The maximum absolute atomic E-state index is 13.5. The van der Waals surface area contributed by atoms with Crippen molar-refractivity contribution in [3.05, 3.63) is 56.4 Å². The third-order valence-electron chi connectivity index (χ3n) is 3.52. The van der Waals surface area contributed by atoms with E-state index in [2.05, 4.69) is 20.9 Å². The standard InChI is InChI=1S/C14H11BrFN3OS/c1-19-12(20)14(18-13(19)17,9-4-5-21-7-9)8-2-3-11(16)10(15)6-8/h2-7H,1H3,(H2,17,18). The highest BCUT2D eigenvalue weighted by molar-refractivity contribution is 9.10. The zero-order chi connectivity index (χ0) is 15.2. The predicted octanol–water partition coefficient (Wildman–Crippen LogP) is 2.68. The van der Waals surface area contributed by atoms with Gasteiger partial charge in [0, 0.05) is 12.6 Å². The molecule has 7 heteroatoms. The maximum atomic E-state index is 13.5. The molecule has 0 bridgehead atoms. The van der Waals surface area contributed by atoms with Gasteiger partial charge in [-0.25, -0.2) is 9.38 Å². The molecule has 108 valence electrons. The molecule has 1 aliphatic rings. The van der Waals surface area contributed by atoms with E-state index >= 15 is 0 Å². The Labute approximate surface area is 133 Å². The lowest BCUT2D eigenvalue weighted by Gasteiger charge is -2.25. The van der Waals surface area contributed by atoms with E-state index in [1.807, 2.05) is 16.8 Å². The SMILES string of the molecule is CN1C(=O)C(c2ccsc2)(c2ccc(F)c(Br)c2)N=C1N. The van der Waals surface area contributed by atoms with Crippen LogP contribution in [0.25, 0.3) is 0 Å². The fourth-order valence-electron chi connectivity index (χ4n) is 2.38. The molecular weight excluding hydrogens is 357 g/mol. The van der Waals surface area contributed by atoms with Gasteiger partial charge in [0.2, 0.25) is 0 Å². The van der Waals surface area contributed by atoms with Crippen LogP contribution >= 0.6 is 27.3 Å². The molecule has 0 radical (unpaired) electrons. The van der Waals surface area contributed by atoms with Crippen LogP contribution in [0.2, 0.25) is 0 Å². The average molecular weight is 368 g/mol. The van der Waals surface area contributed by atoms with Gasteiger partial charge in [-0.3, -0.25) is 9.69 Å². The van der Waals surface area contributed by atoms with Crippen LogP contribution in [0.4, 0.5) is 4.39 Å². The number of hydrogen-bond acceptors (Lipinski definition) is 4. The number of thiophene rings is 1. The second-order valence-electron chi connectivity index (χ2n) is 4.69. The highest BCUT2D eigenvalue weighted by Crippen LogP contribution is 2.41. The van der Waals surface area contributed by atoms with Gasteiger partial charge in [-0.2, -0.15) is 11.3 Å². The second kappa shape index (κ2) is 4.92. The number of halogens is 2. The summed E-state index contributed by atoms with van der Waals surface area (Å²) in [7, 11) is 1.58. The minimum absolute atomic E-state index is 0.145. The van der Waals surface area contributed by atoms with Crippen LogP contribution in [0.3, 0.4) is 0 Å². The Kier molecular flexibility index (Phi) is 3.33. The molecule has 1 amide bonds. The van der Waals surface area contributed by atoms with Crippen LogP contribution in [0.15, 0.2) is 44.5 Å². The summed E-state index contributed by atoms with van der Waals surface area (Å²) in [6, 6.07) is 6.27. The summed E-state index contributed by atoms with van der Waals surface area (Å²) < 4.78 is 13.8. The Bertz CT molecular complexity index is 747. The van der Waals surface area contributed by atoms with Gasteiger partial charge in [0.05, 0.1) is 4.47 Å². The van der Waals surface area contributed by atoms with Gasteiger partial charge in [-0.05, 0) is 50.5 Å². The van der Waals surface area contributed by atoms with Gasteiger partial charge in [-0.15, -0.1) is 0 Å². The molecule has 0 saturated heterocycles. The molecule has 0 saturated carbocycles. The van der Waals surface area contributed by atoms with E-state index in [1.165, 1.54) is 22.3 Å². The van der Waals surface area contributed by atoms with Crippen LogP contribution in [0.5, 0.6) is 0 Å². The predicted molar refractivity (Wildman–Crippen MR) is 83.6 cm³/mol. The third kappa shape index (κ3) is 1.99. The molecule has 2 heterocycles. The van der Waals surface area contributed by atoms with Crippen molar-refractivity contribution in [1.82, 2.24) is 4.90 Å². The van der Waals surface area contributed by atoms with Gasteiger partial charge in [0.15, 0.2) is 11.5 Å². The zero-order valence-corrected chi connectivity index (χ0v) is 13.4. The first-order valence-electron chi connectivity index (χ1n) is 6.08. The van der Waals surface area contributed by atoms with E-state index in [4.69, 9.17) is 5.73 Å². The van der Waals surface area contributed by atoms with E-state index in [0.29, 0.717) is 5.56 Å². The minimum atomic E-state index is -1.24. The molecule has 1 unspecified atom stereocenters. The molecule has 1 aromatic heterocycles. The van der Waals surface area contributed by atoms with Crippen molar-refractivity contribution in [1.29, 1.82) is 0 Å². The number of amides is 1. The zero-order valence-electron chi connectivity index (χ0n) is 11.0. The molecule has 0 spiro atoms. The van der Waals surface area contributed by atoms with E-state index in [0.717, 1.165) is 5.56 Å². The number of carbonyl (C=O) groups excluding carboxylic acids is 1. The van der Waals surface area contributed by atoms with Gasteiger partial charge in [0.25, 0.3) is 5.91 Å². The van der Waals surface area contributed by atoms with Gasteiger partial charge in [-0.1, -0.05) is 6.07 Å². The van der Waals surface area contributed by atoms with Crippen molar-refractivity contribution in [2.24, 2.45) is 10.7 Å². The number of rotatable bonds is 2. The van der Waals surface area contributed by atoms with E-state index in [1.54, 1.807) is 19.2 Å². The average Bonchev–Trinajstić information content (AvgIpc) is 3.06. The fourth-order valence-corrected chi connectivity index (χ4v) is 3.45. The number of nitrogens with zero attached hydrogens (tertiary/aromatic N) is 2. The summed E-state index contributed by atoms with van der Waals surface area (Å²) in [5.74, 6) is -0.501. The fraction of sp³-hybridized carbons (Fsp3) is 0.143. The molecule has 1 aliphatic heterocycles. The lowest BCUT2D eigenvalue weighted by atomic mass is 9.84. The molecule has 0 fully saturated rings. The molecule has 2 aromatic rings. The highest BCUT2D eigenvalue weighted by atomic mass is 79.9. The number of guanidine groups is 1. The number of benzene rings is 1. The van der Waals surface area contributed by atoms with Crippen molar-refractivity contribution in [2.75, 3.05) is 7.05 Å². The van der Waals surface area contributed by atoms with E-state index < -0.39 is 11.4 Å². The van der Waals surface area contributed by atoms with Crippen molar-refractivity contribution >= 4 is 39.1 Å². The van der Waals surface area contributed by atoms with Crippen LogP contribution in [0, 0.1) is 5.82 Å². The van der Waals surface area contributed by atoms with Crippen LogP contribution < -0.4 is 5.73 Å². The van der Waals surface area contributed by atoms with E-state index in [-0.39, 0.29) is 16.3 Å². The number of hydrogen-bond donors (Lipinski definition) is 1. The van der Waals surface area contributed by atoms with Crippen molar-refractivity contribution < 1.29 is 9.18 Å². The van der Waals surface area contributed by atoms with Gasteiger partial charge >= 0.3 is 0 Å². The molecule has 1 atom stereocenters.